The van der Waals surface area contributed by atoms with Crippen molar-refractivity contribution in [1.29, 1.82) is 0 Å². The summed E-state index contributed by atoms with van der Waals surface area (Å²) in [5.74, 6) is 0.468. The standard InChI is InChI=1S/C24H21NOS/c1-13(2)20-11-21(25-12-14(20)3)19-7-5-6-17-18-9-8-16-10-15(4)27-24(16)23(18)26-22(17)19/h5-13H,1-4H3. The van der Waals surface area contributed by atoms with Crippen molar-refractivity contribution in [3.8, 4) is 11.3 Å². The highest BCUT2D eigenvalue weighted by Gasteiger charge is 2.16. The van der Waals surface area contributed by atoms with Gasteiger partial charge in [0.25, 0.3) is 0 Å². The second-order valence-corrected chi connectivity index (χ2v) is 8.84. The van der Waals surface area contributed by atoms with E-state index in [1.807, 2.05) is 6.20 Å². The summed E-state index contributed by atoms with van der Waals surface area (Å²) in [4.78, 5) is 6.03. The van der Waals surface area contributed by atoms with Crippen molar-refractivity contribution in [3.05, 3.63) is 64.7 Å². The first-order valence-electron chi connectivity index (χ1n) is 9.34. The van der Waals surface area contributed by atoms with Gasteiger partial charge in [-0.3, -0.25) is 4.98 Å². The van der Waals surface area contributed by atoms with Gasteiger partial charge in [0.05, 0.1) is 10.4 Å². The molecule has 0 atom stereocenters. The maximum absolute atomic E-state index is 6.47. The Morgan fingerprint density at radius 1 is 0.963 bits per heavy atom. The van der Waals surface area contributed by atoms with Gasteiger partial charge in [0.15, 0.2) is 5.58 Å². The van der Waals surface area contributed by atoms with E-state index in [0.29, 0.717) is 5.92 Å². The summed E-state index contributed by atoms with van der Waals surface area (Å²) in [6.07, 6.45) is 1.98. The maximum atomic E-state index is 6.47. The lowest BCUT2D eigenvalue weighted by Gasteiger charge is -2.11. The first kappa shape index (κ1) is 16.5. The van der Waals surface area contributed by atoms with Crippen LogP contribution in [0.1, 0.15) is 35.8 Å². The van der Waals surface area contributed by atoms with Gasteiger partial charge in [0.2, 0.25) is 0 Å². The Labute approximate surface area is 162 Å². The molecule has 0 fully saturated rings. The van der Waals surface area contributed by atoms with E-state index in [2.05, 4.69) is 70.2 Å². The SMILES string of the molecule is Cc1cc2ccc3c4cccc(-c5cc(C(C)C)c(C)cn5)c4oc3c2s1. The van der Waals surface area contributed by atoms with E-state index in [0.717, 1.165) is 27.8 Å². The van der Waals surface area contributed by atoms with Crippen LogP contribution >= 0.6 is 11.3 Å². The van der Waals surface area contributed by atoms with Crippen LogP contribution in [0.5, 0.6) is 0 Å². The van der Waals surface area contributed by atoms with E-state index >= 15 is 0 Å². The number of hydrogen-bond donors (Lipinski definition) is 0. The molecule has 0 bridgehead atoms. The Morgan fingerprint density at radius 2 is 1.78 bits per heavy atom. The van der Waals surface area contributed by atoms with Crippen molar-refractivity contribution in [2.75, 3.05) is 0 Å². The number of para-hydroxylation sites is 1. The lowest BCUT2D eigenvalue weighted by atomic mass is 9.97. The Bertz CT molecular complexity index is 1320. The molecule has 3 aromatic heterocycles. The van der Waals surface area contributed by atoms with E-state index in [1.54, 1.807) is 11.3 Å². The van der Waals surface area contributed by atoms with Crippen LogP contribution in [0.4, 0.5) is 0 Å². The molecular weight excluding hydrogens is 350 g/mol. The third-order valence-corrected chi connectivity index (χ3v) is 6.38. The number of furan rings is 1. The van der Waals surface area contributed by atoms with E-state index < -0.39 is 0 Å². The number of benzene rings is 2. The summed E-state index contributed by atoms with van der Waals surface area (Å²) in [5.41, 5.74) is 6.53. The summed E-state index contributed by atoms with van der Waals surface area (Å²) in [5, 5.41) is 3.59. The highest BCUT2D eigenvalue weighted by molar-refractivity contribution is 7.19. The van der Waals surface area contributed by atoms with Crippen LogP contribution in [0.15, 0.2) is 53.1 Å². The first-order valence-corrected chi connectivity index (χ1v) is 10.2. The molecule has 0 saturated carbocycles. The lowest BCUT2D eigenvalue weighted by Crippen LogP contribution is -1.95. The van der Waals surface area contributed by atoms with E-state index in [9.17, 15) is 0 Å². The number of pyridine rings is 1. The predicted molar refractivity (Wildman–Crippen MR) is 116 cm³/mol. The number of aryl methyl sites for hydroxylation is 2. The van der Waals surface area contributed by atoms with Crippen molar-refractivity contribution in [1.82, 2.24) is 4.98 Å². The molecule has 0 aliphatic rings. The fraction of sp³-hybridized carbons (Fsp3) is 0.208. The van der Waals surface area contributed by atoms with Crippen molar-refractivity contribution < 1.29 is 4.42 Å². The minimum absolute atomic E-state index is 0.468. The number of aromatic nitrogens is 1. The topological polar surface area (TPSA) is 26.0 Å². The second kappa shape index (κ2) is 5.93. The average Bonchev–Trinajstić information content (AvgIpc) is 3.21. The Morgan fingerprint density at radius 3 is 2.59 bits per heavy atom. The number of thiophene rings is 1. The molecule has 2 aromatic carbocycles. The Kier molecular flexibility index (Phi) is 3.63. The van der Waals surface area contributed by atoms with Crippen LogP contribution in [0.2, 0.25) is 0 Å². The quantitative estimate of drug-likeness (QED) is 0.319. The van der Waals surface area contributed by atoms with Gasteiger partial charge in [-0.1, -0.05) is 32.0 Å². The average molecular weight is 372 g/mol. The zero-order valence-electron chi connectivity index (χ0n) is 16.0. The molecule has 0 saturated heterocycles. The normalized spacial score (nSPS) is 12.0. The third-order valence-electron chi connectivity index (χ3n) is 5.32. The van der Waals surface area contributed by atoms with Crippen LogP contribution in [-0.2, 0) is 0 Å². The predicted octanol–water partition coefficient (Wildman–Crippen LogP) is 7.60. The molecule has 0 aliphatic heterocycles. The molecule has 0 unspecified atom stereocenters. The third kappa shape index (κ3) is 2.49. The van der Waals surface area contributed by atoms with Crippen molar-refractivity contribution >= 4 is 43.4 Å². The summed E-state index contributed by atoms with van der Waals surface area (Å²) in [6, 6.07) is 15.2. The fourth-order valence-electron chi connectivity index (χ4n) is 3.99. The van der Waals surface area contributed by atoms with Crippen LogP contribution in [-0.4, -0.2) is 4.98 Å². The van der Waals surface area contributed by atoms with Crippen LogP contribution in [0.3, 0.4) is 0 Å². The van der Waals surface area contributed by atoms with Gasteiger partial charge >= 0.3 is 0 Å². The smallest absolute Gasteiger partial charge is 0.153 e. The summed E-state index contributed by atoms with van der Waals surface area (Å²) in [6.45, 7) is 8.73. The molecule has 0 N–H and O–H groups in total. The highest BCUT2D eigenvalue weighted by Crippen LogP contribution is 2.40. The second-order valence-electron chi connectivity index (χ2n) is 7.58. The van der Waals surface area contributed by atoms with Crippen molar-refractivity contribution in [2.24, 2.45) is 0 Å². The minimum Gasteiger partial charge on any atom is -0.454 e. The summed E-state index contributed by atoms with van der Waals surface area (Å²) >= 11 is 1.80. The Balaban J connectivity index is 1.83. The molecule has 3 heteroatoms. The molecular formula is C24H21NOS. The van der Waals surface area contributed by atoms with Gasteiger partial charge in [0.1, 0.15) is 5.58 Å². The fourth-order valence-corrected chi connectivity index (χ4v) is 4.99. The molecule has 0 spiro atoms. The molecule has 2 nitrogen and oxygen atoms in total. The van der Waals surface area contributed by atoms with E-state index in [1.165, 1.54) is 31.5 Å². The van der Waals surface area contributed by atoms with Gasteiger partial charge < -0.3 is 4.42 Å². The lowest BCUT2D eigenvalue weighted by molar-refractivity contribution is 0.674. The van der Waals surface area contributed by atoms with Gasteiger partial charge in [-0.25, -0.2) is 0 Å². The molecule has 3 heterocycles. The van der Waals surface area contributed by atoms with Crippen molar-refractivity contribution in [2.45, 2.75) is 33.6 Å². The molecule has 0 radical (unpaired) electrons. The highest BCUT2D eigenvalue weighted by atomic mass is 32.1. The first-order chi connectivity index (χ1) is 13.0. The van der Waals surface area contributed by atoms with Crippen LogP contribution in [0, 0.1) is 13.8 Å². The van der Waals surface area contributed by atoms with E-state index in [4.69, 9.17) is 9.40 Å². The molecule has 5 rings (SSSR count). The summed E-state index contributed by atoms with van der Waals surface area (Å²) < 4.78 is 7.69. The van der Waals surface area contributed by atoms with Gasteiger partial charge in [-0.2, -0.15) is 0 Å². The number of nitrogens with zero attached hydrogens (tertiary/aromatic N) is 1. The maximum Gasteiger partial charge on any atom is 0.153 e. The van der Waals surface area contributed by atoms with Gasteiger partial charge in [-0.15, -0.1) is 11.3 Å². The summed E-state index contributed by atoms with van der Waals surface area (Å²) in [7, 11) is 0. The monoisotopic (exact) mass is 371 g/mol. The van der Waals surface area contributed by atoms with Crippen molar-refractivity contribution in [3.63, 3.8) is 0 Å². The van der Waals surface area contributed by atoms with Crippen LogP contribution in [0.25, 0.3) is 43.3 Å². The molecule has 5 aromatic rings. The molecule has 134 valence electrons. The van der Waals surface area contributed by atoms with Gasteiger partial charge in [-0.05, 0) is 60.5 Å². The zero-order chi connectivity index (χ0) is 18.7. The number of hydrogen-bond acceptors (Lipinski definition) is 3. The minimum atomic E-state index is 0.468. The molecule has 0 amide bonds. The molecule has 0 aliphatic carbocycles. The Hall–Kier alpha value is -2.65. The largest absolute Gasteiger partial charge is 0.454 e. The zero-order valence-corrected chi connectivity index (χ0v) is 16.8. The van der Waals surface area contributed by atoms with Crippen LogP contribution < -0.4 is 0 Å². The molecule has 27 heavy (non-hydrogen) atoms. The van der Waals surface area contributed by atoms with Gasteiger partial charge in [0, 0.05) is 27.4 Å². The number of fused-ring (bicyclic) bond motifs is 5. The number of rotatable bonds is 2. The van der Waals surface area contributed by atoms with E-state index in [-0.39, 0.29) is 0 Å².